The van der Waals surface area contributed by atoms with E-state index in [4.69, 9.17) is 9.47 Å². The fourth-order valence-corrected chi connectivity index (χ4v) is 4.39. The number of carbonyl (C=O) groups excluding carboxylic acids is 1. The Bertz CT molecular complexity index is 744. The van der Waals surface area contributed by atoms with E-state index in [1.807, 2.05) is 50.2 Å². The molecular weight excluding hydrogens is 364 g/mol. The van der Waals surface area contributed by atoms with Crippen LogP contribution in [0.2, 0.25) is 0 Å². The summed E-state index contributed by atoms with van der Waals surface area (Å²) in [7, 11) is 0. The highest BCUT2D eigenvalue weighted by molar-refractivity contribution is 5.75. The third-order valence-corrected chi connectivity index (χ3v) is 5.76. The summed E-state index contributed by atoms with van der Waals surface area (Å²) < 4.78 is 12.6. The van der Waals surface area contributed by atoms with Gasteiger partial charge in [0.25, 0.3) is 0 Å². The third-order valence-electron chi connectivity index (χ3n) is 5.76. The first-order chi connectivity index (χ1) is 14.0. The molecule has 4 atom stereocenters. The number of hydrogen-bond acceptors (Lipinski definition) is 3. The molecule has 2 aromatic carbocycles. The summed E-state index contributed by atoms with van der Waals surface area (Å²) in [6.45, 7) is 3.90. The summed E-state index contributed by atoms with van der Waals surface area (Å²) in [5, 5.41) is 6.26. The van der Waals surface area contributed by atoms with Crippen LogP contribution in [-0.2, 0) is 22.3 Å². The summed E-state index contributed by atoms with van der Waals surface area (Å²) in [6, 6.07) is 20.4. The maximum atomic E-state index is 12.6. The van der Waals surface area contributed by atoms with Crippen molar-refractivity contribution in [3.63, 3.8) is 0 Å². The molecule has 2 heterocycles. The average Bonchev–Trinajstić information content (AvgIpc) is 2.99. The molecular formula is C24H30N2O3. The van der Waals surface area contributed by atoms with Crippen LogP contribution in [0.3, 0.4) is 0 Å². The van der Waals surface area contributed by atoms with Gasteiger partial charge in [0.2, 0.25) is 0 Å². The van der Waals surface area contributed by atoms with Crippen molar-refractivity contribution >= 4 is 6.03 Å². The van der Waals surface area contributed by atoms with E-state index >= 15 is 0 Å². The van der Waals surface area contributed by atoms with Crippen molar-refractivity contribution in [2.24, 2.45) is 0 Å². The van der Waals surface area contributed by atoms with Gasteiger partial charge in [-0.2, -0.15) is 0 Å². The van der Waals surface area contributed by atoms with Crippen molar-refractivity contribution in [1.29, 1.82) is 0 Å². The summed E-state index contributed by atoms with van der Waals surface area (Å²) >= 11 is 0. The van der Waals surface area contributed by atoms with E-state index < -0.39 is 5.79 Å². The molecule has 5 nitrogen and oxygen atoms in total. The molecule has 2 aliphatic heterocycles. The number of urea groups is 1. The maximum Gasteiger partial charge on any atom is 0.315 e. The number of hydrogen-bond donors (Lipinski definition) is 2. The van der Waals surface area contributed by atoms with Crippen LogP contribution in [0.1, 0.15) is 37.8 Å². The van der Waals surface area contributed by atoms with Gasteiger partial charge in [0.05, 0.1) is 12.1 Å². The number of fused-ring (bicyclic) bond motifs is 1. The van der Waals surface area contributed by atoms with Crippen LogP contribution in [-0.4, -0.2) is 36.1 Å². The Morgan fingerprint density at radius 2 is 1.17 bits per heavy atom. The van der Waals surface area contributed by atoms with E-state index in [1.165, 1.54) is 11.1 Å². The van der Waals surface area contributed by atoms with Crippen LogP contribution in [0.4, 0.5) is 4.79 Å². The Morgan fingerprint density at radius 1 is 0.759 bits per heavy atom. The SMILES string of the molecule is CC1(C)O[C@@H]2[C@@H](O1)[C@@H](CCc1ccccc1)NC(=O)N[C@@H]2CCc1ccccc1. The van der Waals surface area contributed by atoms with Crippen molar-refractivity contribution < 1.29 is 14.3 Å². The summed E-state index contributed by atoms with van der Waals surface area (Å²) in [4.78, 5) is 12.6. The van der Waals surface area contributed by atoms with Crippen LogP contribution in [0.15, 0.2) is 60.7 Å². The van der Waals surface area contributed by atoms with Gasteiger partial charge in [-0.25, -0.2) is 4.79 Å². The second kappa shape index (κ2) is 8.56. The molecule has 2 aliphatic rings. The normalized spacial score (nSPS) is 28.1. The molecule has 2 fully saturated rings. The number of amides is 2. The summed E-state index contributed by atoms with van der Waals surface area (Å²) in [5.41, 5.74) is 2.52. The second-order valence-corrected chi connectivity index (χ2v) is 8.44. The lowest BCUT2D eigenvalue weighted by atomic mass is 9.92. The van der Waals surface area contributed by atoms with Gasteiger partial charge in [-0.1, -0.05) is 60.7 Å². The first-order valence-electron chi connectivity index (χ1n) is 10.5. The zero-order valence-electron chi connectivity index (χ0n) is 17.1. The molecule has 0 unspecified atom stereocenters. The molecule has 0 radical (unpaired) electrons. The van der Waals surface area contributed by atoms with E-state index in [9.17, 15) is 4.79 Å². The van der Waals surface area contributed by atoms with Crippen LogP contribution >= 0.6 is 0 Å². The van der Waals surface area contributed by atoms with E-state index in [-0.39, 0.29) is 30.3 Å². The highest BCUT2D eigenvalue weighted by atomic mass is 16.8. The Labute approximate surface area is 172 Å². The Balaban J connectivity index is 1.48. The fourth-order valence-electron chi connectivity index (χ4n) is 4.39. The van der Waals surface area contributed by atoms with E-state index in [2.05, 4.69) is 34.9 Å². The summed E-state index contributed by atoms with van der Waals surface area (Å²) in [5.74, 6) is -0.658. The Hall–Kier alpha value is -2.37. The topological polar surface area (TPSA) is 59.6 Å². The quantitative estimate of drug-likeness (QED) is 0.783. The van der Waals surface area contributed by atoms with Crippen molar-refractivity contribution in [2.45, 2.75) is 69.6 Å². The minimum Gasteiger partial charge on any atom is -0.342 e. The zero-order chi connectivity index (χ0) is 20.3. The average molecular weight is 395 g/mol. The molecule has 2 aromatic rings. The van der Waals surface area contributed by atoms with Crippen molar-refractivity contribution in [1.82, 2.24) is 10.6 Å². The molecule has 0 bridgehead atoms. The number of rotatable bonds is 6. The number of aryl methyl sites for hydroxylation is 2. The van der Waals surface area contributed by atoms with Crippen LogP contribution in [0.25, 0.3) is 0 Å². The van der Waals surface area contributed by atoms with Gasteiger partial charge in [-0.3, -0.25) is 0 Å². The van der Waals surface area contributed by atoms with Crippen LogP contribution in [0.5, 0.6) is 0 Å². The van der Waals surface area contributed by atoms with Crippen molar-refractivity contribution in [3.8, 4) is 0 Å². The minimum absolute atomic E-state index is 0.0938. The van der Waals surface area contributed by atoms with Gasteiger partial charge in [0, 0.05) is 0 Å². The number of nitrogens with one attached hydrogen (secondary N) is 2. The van der Waals surface area contributed by atoms with Crippen LogP contribution in [0, 0.1) is 0 Å². The van der Waals surface area contributed by atoms with E-state index in [0.29, 0.717) is 0 Å². The molecule has 4 rings (SSSR count). The lowest BCUT2D eigenvalue weighted by Crippen LogP contribution is -2.46. The van der Waals surface area contributed by atoms with Crippen molar-refractivity contribution in [3.05, 3.63) is 71.8 Å². The molecule has 0 saturated carbocycles. The monoisotopic (exact) mass is 394 g/mol. The Morgan fingerprint density at radius 3 is 1.59 bits per heavy atom. The first kappa shape index (κ1) is 19.9. The largest absolute Gasteiger partial charge is 0.342 e. The molecule has 2 saturated heterocycles. The molecule has 2 N–H and O–H groups in total. The van der Waals surface area contributed by atoms with Gasteiger partial charge in [0.15, 0.2) is 5.79 Å². The second-order valence-electron chi connectivity index (χ2n) is 8.44. The molecule has 0 aromatic heterocycles. The lowest BCUT2D eigenvalue weighted by molar-refractivity contribution is -0.151. The first-order valence-corrected chi connectivity index (χ1v) is 10.5. The molecule has 29 heavy (non-hydrogen) atoms. The lowest BCUT2D eigenvalue weighted by Gasteiger charge is -2.26. The predicted octanol–water partition coefficient (Wildman–Crippen LogP) is 3.82. The van der Waals surface area contributed by atoms with E-state index in [1.54, 1.807) is 0 Å². The van der Waals surface area contributed by atoms with Crippen molar-refractivity contribution in [2.75, 3.05) is 0 Å². The smallest absolute Gasteiger partial charge is 0.315 e. The molecule has 5 heteroatoms. The highest BCUT2D eigenvalue weighted by Crippen LogP contribution is 2.35. The number of benzene rings is 2. The Kier molecular flexibility index (Phi) is 5.88. The molecule has 0 spiro atoms. The fraction of sp³-hybridized carbons (Fsp3) is 0.458. The third kappa shape index (κ3) is 4.98. The molecule has 154 valence electrons. The minimum atomic E-state index is -0.658. The number of ether oxygens (including phenoxy) is 2. The number of carbonyl (C=O) groups is 1. The van der Waals surface area contributed by atoms with Gasteiger partial charge in [0.1, 0.15) is 12.2 Å². The molecule has 2 amide bonds. The van der Waals surface area contributed by atoms with Gasteiger partial charge in [-0.05, 0) is 50.7 Å². The highest BCUT2D eigenvalue weighted by Gasteiger charge is 2.50. The van der Waals surface area contributed by atoms with Gasteiger partial charge < -0.3 is 20.1 Å². The zero-order valence-corrected chi connectivity index (χ0v) is 17.1. The summed E-state index contributed by atoms with van der Waals surface area (Å²) in [6.07, 6.45) is 3.04. The maximum absolute atomic E-state index is 12.6. The van der Waals surface area contributed by atoms with Crippen LogP contribution < -0.4 is 10.6 Å². The standard InChI is InChI=1S/C24H30N2O3/c1-24(2)28-21-19(15-13-17-9-5-3-6-10-17)25-23(27)26-20(22(21)29-24)16-14-18-11-7-4-8-12-18/h3-12,19-22H,13-16H2,1-2H3,(H2,25,26,27)/t19-,20-,21+,22+/m1/s1. The van der Waals surface area contributed by atoms with E-state index in [0.717, 1.165) is 25.7 Å². The molecule has 0 aliphatic carbocycles. The van der Waals surface area contributed by atoms with Gasteiger partial charge in [-0.15, -0.1) is 0 Å². The van der Waals surface area contributed by atoms with Gasteiger partial charge >= 0.3 is 6.03 Å². The predicted molar refractivity (Wildman–Crippen MR) is 113 cm³/mol.